The van der Waals surface area contributed by atoms with Gasteiger partial charge >= 0.3 is 41.5 Å². The Hall–Kier alpha value is -4.47. The van der Waals surface area contributed by atoms with E-state index in [0.717, 1.165) is 49.9 Å². The van der Waals surface area contributed by atoms with Crippen LogP contribution in [-0.2, 0) is 42.0 Å². The average molecular weight is 781 g/mol. The maximum atomic E-state index is 12.4. The molecule has 0 N–H and O–H groups in total. The van der Waals surface area contributed by atoms with E-state index in [0.29, 0.717) is 22.9 Å². The molecule has 0 saturated heterocycles. The second-order valence-electron chi connectivity index (χ2n) is 12.2. The van der Waals surface area contributed by atoms with Crippen LogP contribution in [0.15, 0.2) is 118 Å². The minimum Gasteiger partial charge on any atom is -0.747 e. The molecule has 1 atom stereocenters. The van der Waals surface area contributed by atoms with Crippen molar-refractivity contribution in [2.24, 2.45) is 20.5 Å². The molecule has 0 aliphatic heterocycles. The fraction of sp³-hybridized carbons (Fsp3) is 0.350. The second kappa shape index (κ2) is 24.1. The maximum absolute atomic E-state index is 12.4. The van der Waals surface area contributed by atoms with Crippen molar-refractivity contribution in [1.82, 2.24) is 0 Å². The zero-order valence-corrected chi connectivity index (χ0v) is 34.3. The SMILES string of the molecule is CCCCc1ccc(N=Nc2ccc(OCCOC(=O)CC(C(=O)OCCOc3ccc(N=Nc4ccc(CCCC)cc4)cc3)S(=O)(=O)[O-])cc2)cc1.[Na+]. The molecular formula is C40H45N4NaO9S. The van der Waals surface area contributed by atoms with E-state index in [1.54, 1.807) is 48.5 Å². The van der Waals surface area contributed by atoms with Gasteiger partial charge in [0.15, 0.2) is 5.25 Å². The Morgan fingerprint density at radius 2 is 0.945 bits per heavy atom. The molecule has 286 valence electrons. The van der Waals surface area contributed by atoms with Crippen molar-refractivity contribution < 1.29 is 71.1 Å². The van der Waals surface area contributed by atoms with Crippen LogP contribution in [0.4, 0.5) is 22.7 Å². The molecule has 0 heterocycles. The van der Waals surface area contributed by atoms with Crippen molar-refractivity contribution in [3.8, 4) is 11.5 Å². The van der Waals surface area contributed by atoms with Gasteiger partial charge in [-0.15, -0.1) is 0 Å². The summed E-state index contributed by atoms with van der Waals surface area (Å²) >= 11 is 0. The van der Waals surface area contributed by atoms with Gasteiger partial charge in [0.1, 0.15) is 48.0 Å². The molecular weight excluding hydrogens is 736 g/mol. The average Bonchev–Trinajstić information content (AvgIpc) is 3.18. The van der Waals surface area contributed by atoms with Gasteiger partial charge in [0, 0.05) is 0 Å². The van der Waals surface area contributed by atoms with Crippen LogP contribution in [-0.4, -0.2) is 56.6 Å². The van der Waals surface area contributed by atoms with Gasteiger partial charge in [-0.2, -0.15) is 20.5 Å². The number of azo groups is 2. The zero-order valence-electron chi connectivity index (χ0n) is 31.5. The van der Waals surface area contributed by atoms with Gasteiger partial charge in [0.25, 0.3) is 0 Å². The minimum absolute atomic E-state index is 0. The molecule has 55 heavy (non-hydrogen) atoms. The van der Waals surface area contributed by atoms with E-state index in [1.165, 1.54) is 11.1 Å². The first-order chi connectivity index (χ1) is 26.1. The minimum atomic E-state index is -5.22. The van der Waals surface area contributed by atoms with Crippen LogP contribution in [0.5, 0.6) is 11.5 Å². The molecule has 0 spiro atoms. The van der Waals surface area contributed by atoms with Crippen LogP contribution < -0.4 is 39.0 Å². The predicted octanol–water partition coefficient (Wildman–Crippen LogP) is 6.05. The van der Waals surface area contributed by atoms with Gasteiger partial charge < -0.3 is 23.5 Å². The maximum Gasteiger partial charge on any atom is 1.00 e. The van der Waals surface area contributed by atoms with E-state index < -0.39 is 33.7 Å². The number of rotatable bonds is 22. The van der Waals surface area contributed by atoms with Crippen molar-refractivity contribution >= 4 is 44.8 Å². The van der Waals surface area contributed by atoms with E-state index >= 15 is 0 Å². The molecule has 0 fully saturated rings. The van der Waals surface area contributed by atoms with Gasteiger partial charge in [-0.3, -0.25) is 9.59 Å². The summed E-state index contributed by atoms with van der Waals surface area (Å²) in [5.41, 5.74) is 5.20. The molecule has 0 aliphatic rings. The van der Waals surface area contributed by atoms with Crippen LogP contribution in [0.1, 0.15) is 57.1 Å². The second-order valence-corrected chi connectivity index (χ2v) is 13.8. The summed E-state index contributed by atoms with van der Waals surface area (Å²) in [6, 6.07) is 29.3. The first kappa shape index (κ1) is 44.9. The largest absolute Gasteiger partial charge is 1.00 e. The molecule has 0 bridgehead atoms. The molecule has 0 radical (unpaired) electrons. The number of nitrogens with zero attached hydrogens (tertiary/aromatic N) is 4. The Kier molecular flexibility index (Phi) is 19.7. The molecule has 0 saturated carbocycles. The van der Waals surface area contributed by atoms with Crippen LogP contribution in [0, 0.1) is 0 Å². The Bertz CT molecular complexity index is 1920. The van der Waals surface area contributed by atoms with Crippen molar-refractivity contribution in [2.45, 2.75) is 64.0 Å². The molecule has 13 nitrogen and oxygen atoms in total. The quantitative estimate of drug-likeness (QED) is 0.0302. The van der Waals surface area contributed by atoms with Crippen molar-refractivity contribution in [2.75, 3.05) is 26.4 Å². The number of aryl methyl sites for hydroxylation is 2. The third-order valence-corrected chi connectivity index (χ3v) is 8.98. The number of carbonyl (C=O) groups excluding carboxylic acids is 2. The third-order valence-electron chi connectivity index (χ3n) is 7.92. The van der Waals surface area contributed by atoms with Crippen LogP contribution in [0.25, 0.3) is 0 Å². The molecule has 4 aromatic carbocycles. The molecule has 4 rings (SSSR count). The predicted molar refractivity (Wildman–Crippen MR) is 202 cm³/mol. The smallest absolute Gasteiger partial charge is 0.747 e. The van der Waals surface area contributed by atoms with E-state index in [4.69, 9.17) is 18.9 Å². The molecule has 0 aliphatic carbocycles. The molecule has 15 heteroatoms. The molecule has 4 aromatic rings. The number of hydrogen-bond acceptors (Lipinski definition) is 13. The van der Waals surface area contributed by atoms with Crippen molar-refractivity contribution in [1.29, 1.82) is 0 Å². The standard InChI is InChI=1S/C40H46N4O9S.Na/c1-3-5-7-30-9-13-32(14-10-30)41-43-34-17-21-36(22-18-34)50-25-27-52-39(45)29-38(54(47,48)49)40(46)53-28-26-51-37-23-19-35(20-24-37)44-42-33-15-11-31(12-16-33)8-6-4-2;/h9-24,38H,3-8,25-29H2,1-2H3,(H,47,48,49);/q;+1/p-1. The van der Waals surface area contributed by atoms with Crippen LogP contribution >= 0.6 is 0 Å². The summed E-state index contributed by atoms with van der Waals surface area (Å²) in [6.45, 7) is 3.49. The molecule has 0 aromatic heterocycles. The number of carbonyl (C=O) groups is 2. The van der Waals surface area contributed by atoms with Crippen molar-refractivity contribution in [3.63, 3.8) is 0 Å². The molecule has 0 amide bonds. The Balaban J connectivity index is 0.00000812. The van der Waals surface area contributed by atoms with Gasteiger partial charge in [-0.1, -0.05) is 51.0 Å². The summed E-state index contributed by atoms with van der Waals surface area (Å²) in [6.07, 6.45) is 5.61. The summed E-state index contributed by atoms with van der Waals surface area (Å²) in [5, 5.41) is 14.7. The van der Waals surface area contributed by atoms with E-state index in [1.807, 2.05) is 48.5 Å². The topological polar surface area (TPSA) is 178 Å². The summed E-state index contributed by atoms with van der Waals surface area (Å²) < 4.78 is 56.3. The summed E-state index contributed by atoms with van der Waals surface area (Å²) in [5.74, 6) is -1.55. The fourth-order valence-corrected chi connectivity index (χ4v) is 5.54. The van der Waals surface area contributed by atoms with Gasteiger partial charge in [0.2, 0.25) is 0 Å². The fourth-order valence-electron chi connectivity index (χ4n) is 4.89. The summed E-state index contributed by atoms with van der Waals surface area (Å²) in [4.78, 5) is 24.7. The zero-order chi connectivity index (χ0) is 38.6. The number of unbranched alkanes of at least 4 members (excludes halogenated alkanes) is 2. The van der Waals surface area contributed by atoms with Crippen LogP contribution in [0.3, 0.4) is 0 Å². The monoisotopic (exact) mass is 780 g/mol. The Morgan fingerprint density at radius 1 is 0.582 bits per heavy atom. The van der Waals surface area contributed by atoms with Crippen LogP contribution in [0.2, 0.25) is 0 Å². The Labute approximate surface area is 344 Å². The van der Waals surface area contributed by atoms with E-state index in [9.17, 15) is 22.6 Å². The normalized spacial score (nSPS) is 11.9. The van der Waals surface area contributed by atoms with Crippen molar-refractivity contribution in [3.05, 3.63) is 108 Å². The van der Waals surface area contributed by atoms with E-state index in [-0.39, 0.29) is 56.0 Å². The first-order valence-corrected chi connectivity index (χ1v) is 19.3. The third kappa shape index (κ3) is 16.8. The molecule has 1 unspecified atom stereocenters. The van der Waals surface area contributed by atoms with Gasteiger partial charge in [-0.05, 0) is 110 Å². The number of hydrogen-bond donors (Lipinski definition) is 0. The number of benzene rings is 4. The van der Waals surface area contributed by atoms with E-state index in [2.05, 4.69) is 34.3 Å². The van der Waals surface area contributed by atoms with Gasteiger partial charge in [-0.25, -0.2) is 8.42 Å². The Morgan fingerprint density at radius 3 is 1.31 bits per heavy atom. The number of esters is 2. The number of ether oxygens (including phenoxy) is 4. The summed E-state index contributed by atoms with van der Waals surface area (Å²) in [7, 11) is -5.22. The van der Waals surface area contributed by atoms with Gasteiger partial charge in [0.05, 0.1) is 29.2 Å². The first-order valence-electron chi connectivity index (χ1n) is 17.9.